The largest absolute Gasteiger partial charge is 0.311 e. The Labute approximate surface area is 118 Å². The van der Waals surface area contributed by atoms with Crippen LogP contribution in [0.15, 0.2) is 24.4 Å². The quantitative estimate of drug-likeness (QED) is 0.914. The molecule has 0 bridgehead atoms. The Bertz CT molecular complexity index is 548. The molecule has 0 fully saturated rings. The molecule has 0 saturated carbocycles. The molecule has 4 nitrogen and oxygen atoms in total. The molecule has 1 N–H and O–H groups in total. The van der Waals surface area contributed by atoms with Crippen molar-refractivity contribution in [3.05, 3.63) is 40.7 Å². The van der Waals surface area contributed by atoms with Crippen molar-refractivity contribution < 1.29 is 0 Å². The fourth-order valence-corrected chi connectivity index (χ4v) is 1.97. The highest BCUT2D eigenvalue weighted by molar-refractivity contribution is 6.31. The first kappa shape index (κ1) is 14.0. The highest BCUT2D eigenvalue weighted by Crippen LogP contribution is 2.19. The molecule has 0 aliphatic carbocycles. The van der Waals surface area contributed by atoms with Crippen molar-refractivity contribution in [2.75, 3.05) is 6.54 Å². The molecule has 0 aliphatic heterocycles. The van der Waals surface area contributed by atoms with E-state index in [1.807, 2.05) is 29.8 Å². The molecule has 2 rings (SSSR count). The number of aromatic nitrogens is 3. The minimum absolute atomic E-state index is 0.623. The first-order valence-corrected chi connectivity index (χ1v) is 6.82. The smallest absolute Gasteiger partial charge is 0.0783 e. The van der Waals surface area contributed by atoms with Crippen LogP contribution in [0, 0.1) is 12.8 Å². The summed E-state index contributed by atoms with van der Waals surface area (Å²) in [6.07, 6.45) is 1.78. The van der Waals surface area contributed by atoms with Crippen molar-refractivity contribution in [1.29, 1.82) is 0 Å². The van der Waals surface area contributed by atoms with Crippen LogP contribution in [0.4, 0.5) is 0 Å². The fraction of sp³-hybridized carbons (Fsp3) is 0.429. The van der Waals surface area contributed by atoms with Crippen LogP contribution in [-0.2, 0) is 6.54 Å². The lowest BCUT2D eigenvalue weighted by Crippen LogP contribution is -2.20. The molecule has 0 atom stereocenters. The minimum atomic E-state index is 0.623. The summed E-state index contributed by atoms with van der Waals surface area (Å²) in [5, 5.41) is 12.2. The van der Waals surface area contributed by atoms with Crippen molar-refractivity contribution in [3.63, 3.8) is 0 Å². The standard InChI is InChI=1S/C14H19ClN4/c1-10(2)7-16-8-13-9-17-18-19(13)12-5-4-11(3)14(15)6-12/h4-6,9-10,16H,7-8H2,1-3H3. The van der Waals surface area contributed by atoms with Crippen molar-refractivity contribution >= 4 is 11.6 Å². The summed E-state index contributed by atoms with van der Waals surface area (Å²) in [5.74, 6) is 0.623. The van der Waals surface area contributed by atoms with Gasteiger partial charge in [0.05, 0.1) is 17.6 Å². The van der Waals surface area contributed by atoms with Crippen LogP contribution in [-0.4, -0.2) is 21.5 Å². The van der Waals surface area contributed by atoms with E-state index in [9.17, 15) is 0 Å². The van der Waals surface area contributed by atoms with Gasteiger partial charge in [-0.25, -0.2) is 4.68 Å². The second-order valence-electron chi connectivity index (χ2n) is 5.10. The average Bonchev–Trinajstić information content (AvgIpc) is 2.80. The highest BCUT2D eigenvalue weighted by Gasteiger charge is 2.07. The molecule has 0 aliphatic rings. The first-order valence-electron chi connectivity index (χ1n) is 6.44. The predicted octanol–water partition coefficient (Wildman–Crippen LogP) is 2.97. The number of nitrogens with zero attached hydrogens (tertiary/aromatic N) is 3. The molecule has 0 unspecified atom stereocenters. The van der Waals surface area contributed by atoms with Gasteiger partial charge in [-0.2, -0.15) is 0 Å². The van der Waals surface area contributed by atoms with E-state index in [1.165, 1.54) is 0 Å². The number of halogens is 1. The molecule has 1 heterocycles. The summed E-state index contributed by atoms with van der Waals surface area (Å²) >= 11 is 6.15. The summed E-state index contributed by atoms with van der Waals surface area (Å²) in [6.45, 7) is 8.07. The van der Waals surface area contributed by atoms with Gasteiger partial charge in [0.2, 0.25) is 0 Å². The Hall–Kier alpha value is -1.39. The van der Waals surface area contributed by atoms with Gasteiger partial charge < -0.3 is 5.32 Å². The monoisotopic (exact) mass is 278 g/mol. The molecule has 19 heavy (non-hydrogen) atoms. The predicted molar refractivity (Wildman–Crippen MR) is 77.7 cm³/mol. The van der Waals surface area contributed by atoms with Crippen LogP contribution in [0.1, 0.15) is 25.1 Å². The van der Waals surface area contributed by atoms with Gasteiger partial charge >= 0.3 is 0 Å². The van der Waals surface area contributed by atoms with Crippen molar-refractivity contribution in [1.82, 2.24) is 20.3 Å². The van der Waals surface area contributed by atoms with Gasteiger partial charge in [-0.1, -0.05) is 36.7 Å². The maximum Gasteiger partial charge on any atom is 0.0783 e. The van der Waals surface area contributed by atoms with Gasteiger partial charge in [0.15, 0.2) is 0 Å². The Morgan fingerprint density at radius 1 is 1.37 bits per heavy atom. The van der Waals surface area contributed by atoms with Crippen molar-refractivity contribution in [2.24, 2.45) is 5.92 Å². The number of hydrogen-bond donors (Lipinski definition) is 1. The Morgan fingerprint density at radius 2 is 2.16 bits per heavy atom. The van der Waals surface area contributed by atoms with E-state index >= 15 is 0 Å². The molecule has 5 heteroatoms. The first-order chi connectivity index (χ1) is 9.08. The summed E-state index contributed by atoms with van der Waals surface area (Å²) in [6, 6.07) is 5.91. The van der Waals surface area contributed by atoms with E-state index in [-0.39, 0.29) is 0 Å². The maximum absolute atomic E-state index is 6.15. The summed E-state index contributed by atoms with van der Waals surface area (Å²) < 4.78 is 1.82. The third-order valence-corrected chi connectivity index (χ3v) is 3.29. The van der Waals surface area contributed by atoms with Crippen molar-refractivity contribution in [3.8, 4) is 5.69 Å². The van der Waals surface area contributed by atoms with E-state index in [1.54, 1.807) is 6.20 Å². The SMILES string of the molecule is Cc1ccc(-n2nncc2CNCC(C)C)cc1Cl. The van der Waals surface area contributed by atoms with Crippen molar-refractivity contribution in [2.45, 2.75) is 27.3 Å². The van der Waals surface area contributed by atoms with E-state index in [4.69, 9.17) is 11.6 Å². The number of hydrogen-bond acceptors (Lipinski definition) is 3. The number of aryl methyl sites for hydroxylation is 1. The Morgan fingerprint density at radius 3 is 2.84 bits per heavy atom. The zero-order chi connectivity index (χ0) is 13.8. The van der Waals surface area contributed by atoms with Gasteiger partial charge in [-0.15, -0.1) is 5.10 Å². The molecule has 2 aromatic rings. The minimum Gasteiger partial charge on any atom is -0.311 e. The number of nitrogens with one attached hydrogen (secondary N) is 1. The molecule has 0 radical (unpaired) electrons. The molecule has 0 amide bonds. The van der Waals surface area contributed by atoms with Gasteiger partial charge in [-0.05, 0) is 37.1 Å². The second-order valence-corrected chi connectivity index (χ2v) is 5.50. The highest BCUT2D eigenvalue weighted by atomic mass is 35.5. The third kappa shape index (κ3) is 3.55. The van der Waals surface area contributed by atoms with Gasteiger partial charge in [0.1, 0.15) is 0 Å². The van der Waals surface area contributed by atoms with Crippen LogP contribution >= 0.6 is 11.6 Å². The zero-order valence-corrected chi connectivity index (χ0v) is 12.3. The lowest BCUT2D eigenvalue weighted by molar-refractivity contribution is 0.542. The Kier molecular flexibility index (Phi) is 4.56. The summed E-state index contributed by atoms with van der Waals surface area (Å²) in [5.41, 5.74) is 3.03. The number of benzene rings is 1. The Balaban J connectivity index is 2.16. The molecule has 0 spiro atoms. The van der Waals surface area contributed by atoms with Crippen LogP contribution < -0.4 is 5.32 Å². The summed E-state index contributed by atoms with van der Waals surface area (Å²) in [7, 11) is 0. The molecular weight excluding hydrogens is 260 g/mol. The molecular formula is C14H19ClN4. The van der Waals surface area contributed by atoms with Crippen LogP contribution in [0.5, 0.6) is 0 Å². The maximum atomic E-state index is 6.15. The van der Waals surface area contributed by atoms with Gasteiger partial charge in [0.25, 0.3) is 0 Å². The summed E-state index contributed by atoms with van der Waals surface area (Å²) in [4.78, 5) is 0. The molecule has 1 aromatic heterocycles. The van der Waals surface area contributed by atoms with Gasteiger partial charge in [0, 0.05) is 11.6 Å². The molecule has 1 aromatic carbocycles. The fourth-order valence-electron chi connectivity index (χ4n) is 1.80. The third-order valence-electron chi connectivity index (χ3n) is 2.88. The van der Waals surface area contributed by atoms with E-state index < -0.39 is 0 Å². The number of rotatable bonds is 5. The second kappa shape index (κ2) is 6.17. The van der Waals surface area contributed by atoms with Crippen LogP contribution in [0.25, 0.3) is 5.69 Å². The van der Waals surface area contributed by atoms with Crippen LogP contribution in [0.2, 0.25) is 5.02 Å². The average molecular weight is 279 g/mol. The molecule has 102 valence electrons. The van der Waals surface area contributed by atoms with E-state index in [0.717, 1.165) is 35.1 Å². The lowest BCUT2D eigenvalue weighted by Gasteiger charge is -2.10. The van der Waals surface area contributed by atoms with E-state index in [0.29, 0.717) is 5.92 Å². The topological polar surface area (TPSA) is 42.7 Å². The molecule has 0 saturated heterocycles. The van der Waals surface area contributed by atoms with Gasteiger partial charge in [-0.3, -0.25) is 0 Å². The van der Waals surface area contributed by atoms with E-state index in [2.05, 4.69) is 29.5 Å². The normalized spacial score (nSPS) is 11.2. The zero-order valence-electron chi connectivity index (χ0n) is 11.5. The lowest BCUT2D eigenvalue weighted by atomic mass is 10.2. The van der Waals surface area contributed by atoms with Crippen LogP contribution in [0.3, 0.4) is 0 Å².